The number of thiazole rings is 1. The lowest BCUT2D eigenvalue weighted by Crippen LogP contribution is -2.14. The van der Waals surface area contributed by atoms with E-state index < -0.39 is 0 Å². The maximum absolute atomic E-state index is 12.3. The van der Waals surface area contributed by atoms with Gasteiger partial charge in [-0.25, -0.2) is 4.98 Å². The Morgan fingerprint density at radius 2 is 2.04 bits per heavy atom. The highest BCUT2D eigenvalue weighted by atomic mass is 32.1. The molecule has 0 aliphatic rings. The predicted molar refractivity (Wildman–Crippen MR) is 93.9 cm³/mol. The molecule has 0 radical (unpaired) electrons. The fourth-order valence-electron chi connectivity index (χ4n) is 2.53. The number of furan rings is 1. The summed E-state index contributed by atoms with van der Waals surface area (Å²) in [6.07, 6.45) is 5.35. The number of amides is 1. The summed E-state index contributed by atoms with van der Waals surface area (Å²) >= 11 is 1.41. The number of hydrogen-bond donors (Lipinski definition) is 1. The number of carbonyl (C=O) groups excluding carboxylic acids is 1. The highest BCUT2D eigenvalue weighted by Crippen LogP contribution is 2.25. The second kappa shape index (κ2) is 6.25. The summed E-state index contributed by atoms with van der Waals surface area (Å²) in [7, 11) is 0. The van der Waals surface area contributed by atoms with Crippen LogP contribution in [0.1, 0.15) is 5.56 Å². The molecule has 0 aliphatic heterocycles. The molecule has 0 fully saturated rings. The van der Waals surface area contributed by atoms with Crippen LogP contribution in [-0.2, 0) is 11.2 Å². The number of carbonyl (C=O) groups is 1. The first kappa shape index (κ1) is 14.6. The van der Waals surface area contributed by atoms with Gasteiger partial charge in [0, 0.05) is 28.7 Å². The van der Waals surface area contributed by atoms with E-state index in [4.69, 9.17) is 4.42 Å². The van der Waals surface area contributed by atoms with E-state index in [1.807, 2.05) is 41.8 Å². The molecular formula is C18H13N3O2S. The van der Waals surface area contributed by atoms with Crippen LogP contribution in [0, 0.1) is 0 Å². The SMILES string of the molecule is O=C(Cc1cccc2occc12)Nc1nc(-c2ccncc2)cs1. The van der Waals surface area contributed by atoms with Gasteiger partial charge in [0.25, 0.3) is 0 Å². The minimum Gasteiger partial charge on any atom is -0.464 e. The number of nitrogens with zero attached hydrogens (tertiary/aromatic N) is 2. The first-order chi connectivity index (χ1) is 11.8. The van der Waals surface area contributed by atoms with Crippen LogP contribution in [0.25, 0.3) is 22.2 Å². The second-order valence-corrected chi connectivity index (χ2v) is 6.11. The maximum atomic E-state index is 12.3. The van der Waals surface area contributed by atoms with Crippen LogP contribution >= 0.6 is 11.3 Å². The van der Waals surface area contributed by atoms with E-state index in [1.54, 1.807) is 18.7 Å². The van der Waals surface area contributed by atoms with Crippen molar-refractivity contribution in [1.82, 2.24) is 9.97 Å². The van der Waals surface area contributed by atoms with Crippen LogP contribution in [0.3, 0.4) is 0 Å². The first-order valence-electron chi connectivity index (χ1n) is 7.40. The molecule has 4 aromatic rings. The lowest BCUT2D eigenvalue weighted by atomic mass is 10.1. The third kappa shape index (κ3) is 2.91. The van der Waals surface area contributed by atoms with Crippen molar-refractivity contribution in [1.29, 1.82) is 0 Å². The Hall–Kier alpha value is -2.99. The minimum atomic E-state index is -0.0978. The summed E-state index contributed by atoms with van der Waals surface area (Å²) in [5.74, 6) is -0.0978. The number of benzene rings is 1. The van der Waals surface area contributed by atoms with Crippen LogP contribution in [0.2, 0.25) is 0 Å². The Morgan fingerprint density at radius 1 is 1.17 bits per heavy atom. The molecule has 0 bridgehead atoms. The van der Waals surface area contributed by atoms with Gasteiger partial charge in [-0.05, 0) is 29.8 Å². The fourth-order valence-corrected chi connectivity index (χ4v) is 3.27. The second-order valence-electron chi connectivity index (χ2n) is 5.25. The van der Waals surface area contributed by atoms with Crippen molar-refractivity contribution in [2.75, 3.05) is 5.32 Å². The Labute approximate surface area is 142 Å². The third-order valence-electron chi connectivity index (χ3n) is 3.66. The van der Waals surface area contributed by atoms with E-state index in [0.29, 0.717) is 5.13 Å². The minimum absolute atomic E-state index is 0.0978. The molecule has 0 atom stereocenters. The van der Waals surface area contributed by atoms with Gasteiger partial charge in [-0.15, -0.1) is 11.3 Å². The summed E-state index contributed by atoms with van der Waals surface area (Å²) in [4.78, 5) is 20.8. The lowest BCUT2D eigenvalue weighted by Gasteiger charge is -2.03. The van der Waals surface area contributed by atoms with Crippen LogP contribution in [-0.4, -0.2) is 15.9 Å². The zero-order chi connectivity index (χ0) is 16.4. The molecule has 24 heavy (non-hydrogen) atoms. The van der Waals surface area contributed by atoms with Crippen molar-refractivity contribution in [3.05, 3.63) is 66.0 Å². The van der Waals surface area contributed by atoms with E-state index in [-0.39, 0.29) is 12.3 Å². The quantitative estimate of drug-likeness (QED) is 0.609. The zero-order valence-corrected chi connectivity index (χ0v) is 13.4. The van der Waals surface area contributed by atoms with E-state index in [9.17, 15) is 4.79 Å². The highest BCUT2D eigenvalue weighted by molar-refractivity contribution is 7.14. The van der Waals surface area contributed by atoms with E-state index in [2.05, 4.69) is 15.3 Å². The number of aromatic nitrogens is 2. The maximum Gasteiger partial charge on any atom is 0.230 e. The number of nitrogens with one attached hydrogen (secondary N) is 1. The molecule has 6 heteroatoms. The van der Waals surface area contributed by atoms with Crippen molar-refractivity contribution < 1.29 is 9.21 Å². The first-order valence-corrected chi connectivity index (χ1v) is 8.28. The molecule has 3 aromatic heterocycles. The fraction of sp³-hybridized carbons (Fsp3) is 0.0556. The van der Waals surface area contributed by atoms with Gasteiger partial charge in [0.05, 0.1) is 18.4 Å². The molecule has 4 rings (SSSR count). The van der Waals surface area contributed by atoms with Gasteiger partial charge >= 0.3 is 0 Å². The molecule has 3 heterocycles. The molecule has 0 unspecified atom stereocenters. The summed E-state index contributed by atoms with van der Waals surface area (Å²) in [6.45, 7) is 0. The zero-order valence-electron chi connectivity index (χ0n) is 12.6. The Bertz CT molecular complexity index is 992. The van der Waals surface area contributed by atoms with E-state index >= 15 is 0 Å². The number of rotatable bonds is 4. The van der Waals surface area contributed by atoms with Crippen LogP contribution in [0.5, 0.6) is 0 Å². The van der Waals surface area contributed by atoms with Crippen molar-refractivity contribution in [2.24, 2.45) is 0 Å². The molecule has 1 amide bonds. The smallest absolute Gasteiger partial charge is 0.230 e. The number of pyridine rings is 1. The summed E-state index contributed by atoms with van der Waals surface area (Å²) in [5, 5.41) is 6.33. The largest absolute Gasteiger partial charge is 0.464 e. The van der Waals surface area contributed by atoms with Gasteiger partial charge in [0.15, 0.2) is 5.13 Å². The summed E-state index contributed by atoms with van der Waals surface area (Å²) < 4.78 is 5.36. The van der Waals surface area contributed by atoms with Gasteiger partial charge in [-0.1, -0.05) is 12.1 Å². The van der Waals surface area contributed by atoms with Crippen molar-refractivity contribution in [3.63, 3.8) is 0 Å². The van der Waals surface area contributed by atoms with E-state index in [0.717, 1.165) is 27.8 Å². The number of fused-ring (bicyclic) bond motifs is 1. The van der Waals surface area contributed by atoms with Gasteiger partial charge in [0.2, 0.25) is 5.91 Å². The van der Waals surface area contributed by atoms with Crippen LogP contribution in [0.15, 0.2) is 64.9 Å². The van der Waals surface area contributed by atoms with Crippen molar-refractivity contribution in [3.8, 4) is 11.3 Å². The van der Waals surface area contributed by atoms with E-state index in [1.165, 1.54) is 11.3 Å². The number of hydrogen-bond acceptors (Lipinski definition) is 5. The molecule has 0 saturated carbocycles. The monoisotopic (exact) mass is 335 g/mol. The topological polar surface area (TPSA) is 68.0 Å². The van der Waals surface area contributed by atoms with Gasteiger partial charge < -0.3 is 9.73 Å². The molecule has 5 nitrogen and oxygen atoms in total. The average Bonchev–Trinajstić information content (AvgIpc) is 3.25. The van der Waals surface area contributed by atoms with Gasteiger partial charge in [0.1, 0.15) is 5.58 Å². The predicted octanol–water partition coefficient (Wildman–Crippen LogP) is 4.13. The third-order valence-corrected chi connectivity index (χ3v) is 4.42. The Morgan fingerprint density at radius 3 is 2.92 bits per heavy atom. The molecule has 0 spiro atoms. The summed E-state index contributed by atoms with van der Waals surface area (Å²) in [6, 6.07) is 11.4. The average molecular weight is 335 g/mol. The normalized spacial score (nSPS) is 10.8. The Balaban J connectivity index is 1.49. The molecule has 0 saturated heterocycles. The van der Waals surface area contributed by atoms with Gasteiger partial charge in [-0.2, -0.15) is 0 Å². The molecular weight excluding hydrogens is 322 g/mol. The van der Waals surface area contributed by atoms with Gasteiger partial charge in [-0.3, -0.25) is 9.78 Å². The standard InChI is InChI=1S/C18H13N3O2S/c22-17(10-13-2-1-3-16-14(13)6-9-23-16)21-18-20-15(11-24-18)12-4-7-19-8-5-12/h1-9,11H,10H2,(H,20,21,22). The van der Waals surface area contributed by atoms with Crippen molar-refractivity contribution in [2.45, 2.75) is 6.42 Å². The van der Waals surface area contributed by atoms with Crippen molar-refractivity contribution >= 4 is 33.3 Å². The lowest BCUT2D eigenvalue weighted by molar-refractivity contribution is -0.115. The molecule has 1 aromatic carbocycles. The molecule has 0 aliphatic carbocycles. The summed E-state index contributed by atoms with van der Waals surface area (Å²) in [5.41, 5.74) is 3.53. The van der Waals surface area contributed by atoms with Crippen LogP contribution in [0.4, 0.5) is 5.13 Å². The molecule has 1 N–H and O–H groups in total. The number of anilines is 1. The van der Waals surface area contributed by atoms with Crippen LogP contribution < -0.4 is 5.32 Å². The Kier molecular flexibility index (Phi) is 3.80. The highest BCUT2D eigenvalue weighted by Gasteiger charge is 2.11. The molecule has 118 valence electrons.